The third-order valence-corrected chi connectivity index (χ3v) is 4.36. The van der Waals surface area contributed by atoms with Crippen LogP contribution in [0.4, 0.5) is 0 Å². The number of ether oxygens (including phenoxy) is 1. The van der Waals surface area contributed by atoms with Crippen LogP contribution in [-0.4, -0.2) is 36.6 Å². The Morgan fingerprint density at radius 2 is 1.78 bits per heavy atom. The largest absolute Gasteiger partial charge is 0.495 e. The van der Waals surface area contributed by atoms with Crippen molar-refractivity contribution in [2.24, 2.45) is 0 Å². The summed E-state index contributed by atoms with van der Waals surface area (Å²) in [5.41, 5.74) is 2.63. The molecule has 0 fully saturated rings. The molecule has 5 heteroatoms. The molecular weight excluding hydrogens is 404 g/mol. The van der Waals surface area contributed by atoms with E-state index in [9.17, 15) is 4.79 Å². The number of nitrogens with zero attached hydrogens (tertiary/aromatic N) is 2. The molecule has 1 amide bonds. The lowest BCUT2D eigenvalue weighted by atomic mass is 10.1. The Labute approximate surface area is 170 Å². The molecular formula is C22H29BrN2O2. The topological polar surface area (TPSA) is 34.5 Å². The molecule has 0 radical (unpaired) electrons. The van der Waals surface area contributed by atoms with Crippen LogP contribution < -0.4 is 10.6 Å². The smallest absolute Gasteiger partial charge is 0.253 e. The van der Waals surface area contributed by atoms with Gasteiger partial charge in [-0.15, -0.1) is 0 Å². The molecule has 0 spiro atoms. The van der Waals surface area contributed by atoms with Gasteiger partial charge in [0.05, 0.1) is 18.2 Å². The highest BCUT2D eigenvalue weighted by atomic mass is 79.9. The highest BCUT2D eigenvalue weighted by molar-refractivity contribution is 9.14. The zero-order valence-corrected chi connectivity index (χ0v) is 18.7. The summed E-state index contributed by atoms with van der Waals surface area (Å²) < 4.78 is 8.43. The molecule has 1 aromatic heterocycles. The van der Waals surface area contributed by atoms with Gasteiger partial charge in [0, 0.05) is 30.7 Å². The SMILES string of the molecule is C=C(OC)c1cc(=C)/c(=C(\C)Br)n1Cc1ccc(C(=O)N(C)C)cc1.CC. The lowest BCUT2D eigenvalue weighted by molar-refractivity contribution is 0.0827. The number of hydrogen-bond donors (Lipinski definition) is 0. The summed E-state index contributed by atoms with van der Waals surface area (Å²) in [4.78, 5) is 13.6. The van der Waals surface area contributed by atoms with E-state index in [1.165, 1.54) is 0 Å². The highest BCUT2D eigenvalue weighted by Crippen LogP contribution is 2.14. The zero-order valence-electron chi connectivity index (χ0n) is 17.1. The Morgan fingerprint density at radius 1 is 1.22 bits per heavy atom. The first-order valence-corrected chi connectivity index (χ1v) is 9.64. The van der Waals surface area contributed by atoms with Crippen molar-refractivity contribution in [1.29, 1.82) is 0 Å². The number of methoxy groups -OCH3 is 1. The van der Waals surface area contributed by atoms with Crippen molar-refractivity contribution in [1.82, 2.24) is 9.47 Å². The fourth-order valence-electron chi connectivity index (χ4n) is 2.71. The third-order valence-electron chi connectivity index (χ3n) is 3.98. The second kappa shape index (κ2) is 10.2. The van der Waals surface area contributed by atoms with Crippen molar-refractivity contribution in [3.63, 3.8) is 0 Å². The van der Waals surface area contributed by atoms with Gasteiger partial charge >= 0.3 is 0 Å². The highest BCUT2D eigenvalue weighted by Gasteiger charge is 2.12. The summed E-state index contributed by atoms with van der Waals surface area (Å²) in [5.74, 6) is 0.579. The standard InChI is InChI=1S/C20H23BrN2O2.C2H6/c1-13-11-18(15(3)25-6)23(19(13)14(2)21)12-16-7-9-17(10-8-16)20(24)22(4)5;1-2/h7-11H,1,3,12H2,2,4-6H3;1-2H3/b19-14-;. The molecule has 27 heavy (non-hydrogen) atoms. The number of carbonyl (C=O) groups is 1. The number of aromatic nitrogens is 1. The summed E-state index contributed by atoms with van der Waals surface area (Å²) in [6, 6.07) is 9.59. The van der Waals surface area contributed by atoms with Gasteiger partial charge < -0.3 is 14.2 Å². The minimum Gasteiger partial charge on any atom is -0.495 e. The fourth-order valence-corrected chi connectivity index (χ4v) is 3.17. The molecule has 0 bridgehead atoms. The van der Waals surface area contributed by atoms with Gasteiger partial charge in [0.2, 0.25) is 0 Å². The quantitative estimate of drug-likeness (QED) is 0.673. The number of carbonyl (C=O) groups excluding carboxylic acids is 1. The van der Waals surface area contributed by atoms with E-state index in [1.807, 2.05) is 51.1 Å². The van der Waals surface area contributed by atoms with Crippen molar-refractivity contribution in [3.05, 3.63) is 64.3 Å². The summed E-state index contributed by atoms with van der Waals surface area (Å²) in [5, 5.41) is 1.91. The van der Waals surface area contributed by atoms with Gasteiger partial charge in [0.15, 0.2) is 0 Å². The van der Waals surface area contributed by atoms with Gasteiger partial charge in [0.1, 0.15) is 5.76 Å². The first-order chi connectivity index (χ1) is 12.8. The molecule has 4 nitrogen and oxygen atoms in total. The van der Waals surface area contributed by atoms with Gasteiger partial charge in [-0.25, -0.2) is 0 Å². The molecule has 0 atom stereocenters. The molecule has 0 unspecified atom stereocenters. The molecule has 2 aromatic rings. The van der Waals surface area contributed by atoms with Crippen LogP contribution in [0.2, 0.25) is 0 Å². The maximum Gasteiger partial charge on any atom is 0.253 e. The Bertz CT molecular complexity index is 905. The maximum atomic E-state index is 12.0. The lowest BCUT2D eigenvalue weighted by Crippen LogP contribution is -2.30. The molecule has 1 aromatic carbocycles. The predicted octanol–water partition coefficient (Wildman–Crippen LogP) is 3.81. The van der Waals surface area contributed by atoms with Gasteiger partial charge in [0.25, 0.3) is 5.91 Å². The molecule has 146 valence electrons. The average molecular weight is 433 g/mol. The zero-order chi connectivity index (χ0) is 20.7. The van der Waals surface area contributed by atoms with Crippen molar-refractivity contribution < 1.29 is 9.53 Å². The van der Waals surface area contributed by atoms with E-state index < -0.39 is 0 Å². The van der Waals surface area contributed by atoms with Gasteiger partial charge in [-0.05, 0) is 35.9 Å². The van der Waals surface area contributed by atoms with Crippen molar-refractivity contribution in [2.75, 3.05) is 21.2 Å². The van der Waals surface area contributed by atoms with Crippen LogP contribution in [-0.2, 0) is 11.3 Å². The van der Waals surface area contributed by atoms with E-state index in [0.717, 1.165) is 26.3 Å². The van der Waals surface area contributed by atoms with E-state index >= 15 is 0 Å². The Morgan fingerprint density at radius 3 is 2.22 bits per heavy atom. The Hall–Kier alpha value is -2.27. The molecule has 0 aliphatic rings. The van der Waals surface area contributed by atoms with E-state index in [0.29, 0.717) is 17.9 Å². The summed E-state index contributed by atoms with van der Waals surface area (Å²) >= 11 is 3.56. The summed E-state index contributed by atoms with van der Waals surface area (Å²) in [7, 11) is 5.10. The maximum absolute atomic E-state index is 12.0. The number of hydrogen-bond acceptors (Lipinski definition) is 2. The van der Waals surface area contributed by atoms with Crippen LogP contribution in [0.1, 0.15) is 42.4 Å². The average Bonchev–Trinajstić information content (AvgIpc) is 2.98. The predicted molar refractivity (Wildman–Crippen MR) is 118 cm³/mol. The second-order valence-electron chi connectivity index (χ2n) is 6.05. The number of rotatable bonds is 5. The molecule has 1 heterocycles. The molecule has 0 aliphatic heterocycles. The van der Waals surface area contributed by atoms with Crippen molar-refractivity contribution >= 4 is 38.7 Å². The molecule has 0 saturated carbocycles. The molecule has 0 N–H and O–H groups in total. The summed E-state index contributed by atoms with van der Waals surface area (Å²) in [6.45, 7) is 14.7. The monoisotopic (exact) mass is 432 g/mol. The van der Waals surface area contributed by atoms with Crippen molar-refractivity contribution in [2.45, 2.75) is 27.3 Å². The van der Waals surface area contributed by atoms with E-state index in [-0.39, 0.29) is 5.91 Å². The van der Waals surface area contributed by atoms with Crippen molar-refractivity contribution in [3.8, 4) is 0 Å². The minimum atomic E-state index is -0.00802. The second-order valence-corrected chi connectivity index (χ2v) is 7.24. The normalized spacial score (nSPS) is 11.2. The Kier molecular flexibility index (Phi) is 8.57. The number of halogens is 1. The van der Waals surface area contributed by atoms with Crippen LogP contribution >= 0.6 is 15.9 Å². The molecule has 0 aliphatic carbocycles. The van der Waals surface area contributed by atoms with Gasteiger partial charge in [-0.1, -0.05) is 55.1 Å². The fraction of sp³-hybridized carbons (Fsp3) is 0.318. The third kappa shape index (κ3) is 5.36. The van der Waals surface area contributed by atoms with Gasteiger partial charge in [-0.2, -0.15) is 0 Å². The van der Waals surface area contributed by atoms with Gasteiger partial charge in [-0.3, -0.25) is 4.79 Å². The molecule has 2 rings (SSSR count). The van der Waals surface area contributed by atoms with Crippen LogP contribution in [0.5, 0.6) is 0 Å². The van der Waals surface area contributed by atoms with Crippen LogP contribution in [0, 0.1) is 0 Å². The van der Waals surface area contributed by atoms with E-state index in [2.05, 4.69) is 33.7 Å². The molecule has 0 saturated heterocycles. The van der Waals surface area contributed by atoms with E-state index in [1.54, 1.807) is 26.1 Å². The first-order valence-electron chi connectivity index (χ1n) is 8.85. The van der Waals surface area contributed by atoms with Crippen LogP contribution in [0.15, 0.2) is 36.9 Å². The summed E-state index contributed by atoms with van der Waals surface area (Å²) in [6.07, 6.45) is 0. The lowest BCUT2D eigenvalue weighted by Gasteiger charge is -2.13. The number of amides is 1. The van der Waals surface area contributed by atoms with E-state index in [4.69, 9.17) is 4.74 Å². The minimum absolute atomic E-state index is 0.00802. The van der Waals surface area contributed by atoms with Crippen LogP contribution in [0.3, 0.4) is 0 Å². The number of benzene rings is 1. The van der Waals surface area contributed by atoms with Crippen LogP contribution in [0.25, 0.3) is 16.8 Å². The Balaban J connectivity index is 0.00000176. The first kappa shape index (κ1) is 22.8.